The molecule has 0 radical (unpaired) electrons. The lowest BCUT2D eigenvalue weighted by atomic mass is 9.96. The molecule has 13 heavy (non-hydrogen) atoms. The Kier molecular flexibility index (Phi) is 3.07. The third kappa shape index (κ3) is 2.09. The molecule has 0 atom stereocenters. The molecule has 0 N–H and O–H groups in total. The molecule has 0 aliphatic carbocycles. The first-order chi connectivity index (χ1) is 6.06. The number of rotatable bonds is 2. The van der Waals surface area contributed by atoms with Crippen LogP contribution in [0, 0.1) is 12.7 Å². The van der Waals surface area contributed by atoms with E-state index in [-0.39, 0.29) is 11.7 Å². The number of hydrogen-bond acceptors (Lipinski definition) is 0. The van der Waals surface area contributed by atoms with E-state index in [0.29, 0.717) is 0 Å². The molecule has 0 bridgehead atoms. The van der Waals surface area contributed by atoms with Gasteiger partial charge >= 0.3 is 0 Å². The van der Waals surface area contributed by atoms with Crippen LogP contribution in [0.25, 0.3) is 0 Å². The Balaban J connectivity index is 3.25. The maximum atomic E-state index is 13.6. The SMILES string of the molecule is CCc1cc(C)c(F)c(C(C)C)c1. The van der Waals surface area contributed by atoms with Gasteiger partial charge in [0.15, 0.2) is 0 Å². The van der Waals surface area contributed by atoms with Crippen LogP contribution in [0.2, 0.25) is 0 Å². The average molecular weight is 180 g/mol. The quantitative estimate of drug-likeness (QED) is 0.649. The summed E-state index contributed by atoms with van der Waals surface area (Å²) in [7, 11) is 0. The summed E-state index contributed by atoms with van der Waals surface area (Å²) in [5.74, 6) is 0.234. The summed E-state index contributed by atoms with van der Waals surface area (Å²) in [4.78, 5) is 0. The lowest BCUT2D eigenvalue weighted by molar-refractivity contribution is 0.588. The van der Waals surface area contributed by atoms with Crippen LogP contribution in [0.15, 0.2) is 12.1 Å². The van der Waals surface area contributed by atoms with E-state index in [0.717, 1.165) is 17.5 Å². The molecule has 0 heterocycles. The average Bonchev–Trinajstić information content (AvgIpc) is 2.09. The minimum Gasteiger partial charge on any atom is -0.206 e. The maximum Gasteiger partial charge on any atom is 0.129 e. The molecule has 0 saturated carbocycles. The molecule has 1 aromatic rings. The highest BCUT2D eigenvalue weighted by molar-refractivity contribution is 5.33. The zero-order valence-corrected chi connectivity index (χ0v) is 8.82. The van der Waals surface area contributed by atoms with Crippen LogP contribution >= 0.6 is 0 Å². The van der Waals surface area contributed by atoms with E-state index in [1.54, 1.807) is 0 Å². The van der Waals surface area contributed by atoms with E-state index in [2.05, 4.69) is 6.92 Å². The Morgan fingerprint density at radius 2 is 1.92 bits per heavy atom. The molecule has 0 aromatic heterocycles. The van der Waals surface area contributed by atoms with E-state index in [1.807, 2.05) is 32.9 Å². The fourth-order valence-electron chi connectivity index (χ4n) is 1.50. The minimum absolute atomic E-state index is 0.0350. The van der Waals surface area contributed by atoms with Gasteiger partial charge in [-0.3, -0.25) is 0 Å². The number of benzene rings is 1. The van der Waals surface area contributed by atoms with Crippen LogP contribution in [0.4, 0.5) is 4.39 Å². The number of hydrogen-bond donors (Lipinski definition) is 0. The predicted molar refractivity (Wildman–Crippen MR) is 54.6 cm³/mol. The highest BCUT2D eigenvalue weighted by Gasteiger charge is 2.09. The highest BCUT2D eigenvalue weighted by atomic mass is 19.1. The molecule has 0 nitrogen and oxygen atoms in total. The molecule has 0 amide bonds. The largest absolute Gasteiger partial charge is 0.206 e. The van der Waals surface area contributed by atoms with Crippen LogP contribution in [-0.4, -0.2) is 0 Å². The molecule has 72 valence electrons. The van der Waals surface area contributed by atoms with Crippen molar-refractivity contribution in [2.75, 3.05) is 0 Å². The molecule has 1 aromatic carbocycles. The molecule has 0 aliphatic rings. The van der Waals surface area contributed by atoms with E-state index in [9.17, 15) is 4.39 Å². The fraction of sp³-hybridized carbons (Fsp3) is 0.500. The van der Waals surface area contributed by atoms with Crippen LogP contribution in [0.3, 0.4) is 0 Å². The van der Waals surface area contributed by atoms with Gasteiger partial charge < -0.3 is 0 Å². The maximum absolute atomic E-state index is 13.6. The van der Waals surface area contributed by atoms with E-state index < -0.39 is 0 Å². The van der Waals surface area contributed by atoms with Crippen molar-refractivity contribution in [3.8, 4) is 0 Å². The first-order valence-corrected chi connectivity index (χ1v) is 4.85. The van der Waals surface area contributed by atoms with Crippen molar-refractivity contribution in [3.63, 3.8) is 0 Å². The highest BCUT2D eigenvalue weighted by Crippen LogP contribution is 2.23. The number of aryl methyl sites for hydroxylation is 2. The molecule has 0 fully saturated rings. The number of halogens is 1. The van der Waals surface area contributed by atoms with Crippen molar-refractivity contribution in [1.29, 1.82) is 0 Å². The molecular weight excluding hydrogens is 163 g/mol. The Morgan fingerprint density at radius 1 is 1.31 bits per heavy atom. The van der Waals surface area contributed by atoms with Crippen LogP contribution in [0.1, 0.15) is 43.4 Å². The third-order valence-electron chi connectivity index (χ3n) is 2.37. The third-order valence-corrected chi connectivity index (χ3v) is 2.37. The van der Waals surface area contributed by atoms with Crippen LogP contribution < -0.4 is 0 Å². The van der Waals surface area contributed by atoms with Gasteiger partial charge in [0, 0.05) is 0 Å². The van der Waals surface area contributed by atoms with Gasteiger partial charge in [-0.05, 0) is 36.0 Å². The second kappa shape index (κ2) is 3.91. The van der Waals surface area contributed by atoms with Gasteiger partial charge in [0.05, 0.1) is 0 Å². The Hall–Kier alpha value is -0.850. The van der Waals surface area contributed by atoms with Gasteiger partial charge in [0.25, 0.3) is 0 Å². The smallest absolute Gasteiger partial charge is 0.129 e. The van der Waals surface area contributed by atoms with E-state index >= 15 is 0 Å². The van der Waals surface area contributed by atoms with Gasteiger partial charge in [0.1, 0.15) is 5.82 Å². The van der Waals surface area contributed by atoms with Crippen molar-refractivity contribution < 1.29 is 4.39 Å². The molecule has 0 spiro atoms. The first-order valence-electron chi connectivity index (χ1n) is 4.85. The second-order valence-electron chi connectivity index (χ2n) is 3.82. The summed E-state index contributed by atoms with van der Waals surface area (Å²) in [6, 6.07) is 3.91. The molecular formula is C12H17F. The van der Waals surface area contributed by atoms with E-state index in [4.69, 9.17) is 0 Å². The minimum atomic E-state index is -0.0350. The lowest BCUT2D eigenvalue weighted by Crippen LogP contribution is -1.98. The van der Waals surface area contributed by atoms with Gasteiger partial charge in [-0.25, -0.2) is 4.39 Å². The topological polar surface area (TPSA) is 0 Å². The van der Waals surface area contributed by atoms with Gasteiger partial charge in [-0.1, -0.05) is 32.9 Å². The summed E-state index contributed by atoms with van der Waals surface area (Å²) in [5.41, 5.74) is 2.84. The zero-order chi connectivity index (χ0) is 10.0. The second-order valence-corrected chi connectivity index (χ2v) is 3.82. The predicted octanol–water partition coefficient (Wildman–Crippen LogP) is 3.82. The van der Waals surface area contributed by atoms with E-state index in [1.165, 1.54) is 5.56 Å². The summed E-state index contributed by atoms with van der Waals surface area (Å²) < 4.78 is 13.6. The first kappa shape index (κ1) is 10.2. The summed E-state index contributed by atoms with van der Waals surface area (Å²) in [6.45, 7) is 7.98. The molecule has 1 heteroatoms. The summed E-state index contributed by atoms with van der Waals surface area (Å²) in [6.07, 6.45) is 0.973. The van der Waals surface area contributed by atoms with Crippen molar-refractivity contribution in [2.24, 2.45) is 0 Å². The van der Waals surface area contributed by atoms with Crippen LogP contribution in [-0.2, 0) is 6.42 Å². The molecule has 0 saturated heterocycles. The summed E-state index contributed by atoms with van der Waals surface area (Å²) in [5, 5.41) is 0. The normalized spacial score (nSPS) is 10.9. The summed E-state index contributed by atoms with van der Waals surface area (Å²) >= 11 is 0. The monoisotopic (exact) mass is 180 g/mol. The van der Waals surface area contributed by atoms with Crippen molar-refractivity contribution in [1.82, 2.24) is 0 Å². The molecule has 0 aliphatic heterocycles. The van der Waals surface area contributed by atoms with Crippen LogP contribution in [0.5, 0.6) is 0 Å². The Bertz CT molecular complexity index is 300. The fourth-order valence-corrected chi connectivity index (χ4v) is 1.50. The van der Waals surface area contributed by atoms with Crippen molar-refractivity contribution >= 4 is 0 Å². The van der Waals surface area contributed by atoms with Gasteiger partial charge in [-0.15, -0.1) is 0 Å². The Labute approximate surface area is 79.8 Å². The lowest BCUT2D eigenvalue weighted by Gasteiger charge is -2.11. The van der Waals surface area contributed by atoms with Gasteiger partial charge in [0.2, 0.25) is 0 Å². The standard InChI is InChI=1S/C12H17F/c1-5-10-6-9(4)12(13)11(7-10)8(2)3/h6-8H,5H2,1-4H3. The molecule has 0 unspecified atom stereocenters. The zero-order valence-electron chi connectivity index (χ0n) is 8.82. The molecule has 1 rings (SSSR count). The van der Waals surface area contributed by atoms with Crippen molar-refractivity contribution in [2.45, 2.75) is 40.0 Å². The Morgan fingerprint density at radius 3 is 2.38 bits per heavy atom. The van der Waals surface area contributed by atoms with Crippen molar-refractivity contribution in [3.05, 3.63) is 34.6 Å². The van der Waals surface area contributed by atoms with Gasteiger partial charge in [-0.2, -0.15) is 0 Å².